The van der Waals surface area contributed by atoms with Crippen molar-refractivity contribution in [2.75, 3.05) is 6.61 Å². The van der Waals surface area contributed by atoms with E-state index in [1.54, 1.807) is 0 Å². The van der Waals surface area contributed by atoms with Crippen LogP contribution in [0.4, 0.5) is 0 Å². The van der Waals surface area contributed by atoms with Crippen LogP contribution in [-0.2, 0) is 0 Å². The van der Waals surface area contributed by atoms with Gasteiger partial charge in [0.05, 0.1) is 12.2 Å². The fourth-order valence-corrected chi connectivity index (χ4v) is 2.24. The third-order valence-electron chi connectivity index (χ3n) is 3.39. The highest BCUT2D eigenvalue weighted by atomic mass is 16.5. The van der Waals surface area contributed by atoms with Crippen molar-refractivity contribution in [2.45, 2.75) is 26.7 Å². The predicted octanol–water partition coefficient (Wildman–Crippen LogP) is 4.38. The van der Waals surface area contributed by atoms with Gasteiger partial charge in [0.1, 0.15) is 5.75 Å². The van der Waals surface area contributed by atoms with Crippen molar-refractivity contribution in [1.82, 2.24) is 0 Å². The zero-order valence-electron chi connectivity index (χ0n) is 12.2. The van der Waals surface area contributed by atoms with Crippen LogP contribution < -0.4 is 4.74 Å². The third-order valence-corrected chi connectivity index (χ3v) is 3.39. The normalized spacial score (nSPS) is 11.9. The van der Waals surface area contributed by atoms with Gasteiger partial charge < -0.3 is 4.74 Å². The molecule has 1 unspecified atom stereocenters. The predicted molar refractivity (Wildman–Crippen MR) is 81.5 cm³/mol. The van der Waals surface area contributed by atoms with Gasteiger partial charge in [-0.25, -0.2) is 0 Å². The largest absolute Gasteiger partial charge is 0.493 e. The van der Waals surface area contributed by atoms with E-state index in [1.165, 1.54) is 0 Å². The van der Waals surface area contributed by atoms with Gasteiger partial charge in [0.25, 0.3) is 0 Å². The van der Waals surface area contributed by atoms with E-state index in [-0.39, 0.29) is 11.7 Å². The maximum absolute atomic E-state index is 12.7. The summed E-state index contributed by atoms with van der Waals surface area (Å²) >= 11 is 0. The van der Waals surface area contributed by atoms with Gasteiger partial charge in [0, 0.05) is 5.92 Å². The molecule has 0 aliphatic heterocycles. The smallest absolute Gasteiger partial charge is 0.173 e. The lowest BCUT2D eigenvalue weighted by atomic mass is 9.91. The molecule has 0 aliphatic carbocycles. The summed E-state index contributed by atoms with van der Waals surface area (Å²) in [5.41, 5.74) is 2.77. The third kappa shape index (κ3) is 3.08. The molecule has 2 nitrogen and oxygen atoms in total. The molecule has 0 aromatic heterocycles. The minimum Gasteiger partial charge on any atom is -0.493 e. The van der Waals surface area contributed by atoms with Gasteiger partial charge in [-0.15, -0.1) is 0 Å². The molecule has 20 heavy (non-hydrogen) atoms. The average molecular weight is 268 g/mol. The number of hydrogen-bond acceptors (Lipinski definition) is 2. The highest BCUT2D eigenvalue weighted by molar-refractivity contribution is 6.03. The molecule has 0 amide bonds. The van der Waals surface area contributed by atoms with Crippen molar-refractivity contribution in [2.24, 2.45) is 0 Å². The molecule has 0 fully saturated rings. The minimum atomic E-state index is -0.169. The van der Waals surface area contributed by atoms with Crippen LogP contribution in [0.1, 0.15) is 41.3 Å². The van der Waals surface area contributed by atoms with Gasteiger partial charge in [-0.05, 0) is 31.5 Å². The van der Waals surface area contributed by atoms with E-state index in [0.717, 1.165) is 11.1 Å². The molecule has 0 bridgehead atoms. The topological polar surface area (TPSA) is 26.3 Å². The SMILES string of the molecule is CCOc1ccc(C)cc1C(=O)C(C)c1ccccc1. The molecule has 2 heteroatoms. The quantitative estimate of drug-likeness (QED) is 0.752. The zero-order valence-corrected chi connectivity index (χ0v) is 12.2. The number of Topliss-reactive ketones (excluding diaryl/α,β-unsaturated/α-hetero) is 1. The summed E-state index contributed by atoms with van der Waals surface area (Å²) in [5, 5.41) is 0. The number of aryl methyl sites for hydroxylation is 1. The second kappa shape index (κ2) is 6.38. The van der Waals surface area contributed by atoms with Crippen LogP contribution >= 0.6 is 0 Å². The molecule has 0 spiro atoms. The number of ketones is 1. The van der Waals surface area contributed by atoms with Crippen molar-refractivity contribution in [1.29, 1.82) is 0 Å². The van der Waals surface area contributed by atoms with Crippen LogP contribution in [0.15, 0.2) is 48.5 Å². The van der Waals surface area contributed by atoms with Gasteiger partial charge in [-0.2, -0.15) is 0 Å². The Morgan fingerprint density at radius 2 is 1.85 bits per heavy atom. The molecule has 2 aromatic carbocycles. The Bertz CT molecular complexity index is 588. The summed E-state index contributed by atoms with van der Waals surface area (Å²) in [7, 11) is 0. The Balaban J connectivity index is 2.35. The highest BCUT2D eigenvalue weighted by Crippen LogP contribution is 2.27. The van der Waals surface area contributed by atoms with Gasteiger partial charge >= 0.3 is 0 Å². The maximum Gasteiger partial charge on any atom is 0.173 e. The number of carbonyl (C=O) groups is 1. The molecule has 2 rings (SSSR count). The van der Waals surface area contributed by atoms with Crippen molar-refractivity contribution in [3.8, 4) is 5.75 Å². The van der Waals surface area contributed by atoms with Crippen LogP contribution in [0.3, 0.4) is 0 Å². The number of hydrogen-bond donors (Lipinski definition) is 0. The number of rotatable bonds is 5. The summed E-state index contributed by atoms with van der Waals surface area (Å²) in [6.45, 7) is 6.41. The van der Waals surface area contributed by atoms with Crippen LogP contribution in [0.5, 0.6) is 5.75 Å². The van der Waals surface area contributed by atoms with Gasteiger partial charge in [-0.3, -0.25) is 4.79 Å². The van der Waals surface area contributed by atoms with E-state index < -0.39 is 0 Å². The van der Waals surface area contributed by atoms with Gasteiger partial charge in [0.2, 0.25) is 0 Å². The molecule has 0 heterocycles. The monoisotopic (exact) mass is 268 g/mol. The fraction of sp³-hybridized carbons (Fsp3) is 0.278. The fourth-order valence-electron chi connectivity index (χ4n) is 2.24. The Morgan fingerprint density at radius 3 is 2.50 bits per heavy atom. The molecule has 0 aliphatic rings. The summed E-state index contributed by atoms with van der Waals surface area (Å²) < 4.78 is 5.58. The van der Waals surface area contributed by atoms with Gasteiger partial charge in [-0.1, -0.05) is 48.9 Å². The lowest BCUT2D eigenvalue weighted by molar-refractivity contribution is 0.0962. The van der Waals surface area contributed by atoms with E-state index in [9.17, 15) is 4.79 Å². The van der Waals surface area contributed by atoms with E-state index in [0.29, 0.717) is 17.9 Å². The summed E-state index contributed by atoms with van der Waals surface area (Å²) in [6, 6.07) is 15.6. The number of carbonyl (C=O) groups excluding carboxylic acids is 1. The first-order valence-electron chi connectivity index (χ1n) is 6.96. The first kappa shape index (κ1) is 14.3. The van der Waals surface area contributed by atoms with Crippen molar-refractivity contribution >= 4 is 5.78 Å². The van der Waals surface area contributed by atoms with Crippen LogP contribution in [0.2, 0.25) is 0 Å². The molecule has 0 N–H and O–H groups in total. The summed E-state index contributed by atoms with van der Waals surface area (Å²) in [5.74, 6) is 0.603. The van der Waals surface area contributed by atoms with E-state index in [4.69, 9.17) is 4.74 Å². The summed E-state index contributed by atoms with van der Waals surface area (Å²) in [4.78, 5) is 12.7. The van der Waals surface area contributed by atoms with E-state index in [1.807, 2.05) is 69.3 Å². The minimum absolute atomic E-state index is 0.100. The molecule has 0 saturated carbocycles. The Morgan fingerprint density at radius 1 is 1.15 bits per heavy atom. The second-order valence-electron chi connectivity index (χ2n) is 4.93. The molecule has 2 aromatic rings. The molecule has 0 saturated heterocycles. The molecule has 1 atom stereocenters. The van der Waals surface area contributed by atoms with Gasteiger partial charge in [0.15, 0.2) is 5.78 Å². The van der Waals surface area contributed by atoms with Crippen molar-refractivity contribution in [3.05, 3.63) is 65.2 Å². The highest BCUT2D eigenvalue weighted by Gasteiger charge is 2.20. The maximum atomic E-state index is 12.7. The van der Waals surface area contributed by atoms with Crippen LogP contribution in [0.25, 0.3) is 0 Å². The summed E-state index contributed by atoms with van der Waals surface area (Å²) in [6.07, 6.45) is 0. The van der Waals surface area contributed by atoms with Crippen molar-refractivity contribution in [3.63, 3.8) is 0 Å². The van der Waals surface area contributed by atoms with Crippen molar-refractivity contribution < 1.29 is 9.53 Å². The molecule has 104 valence electrons. The second-order valence-corrected chi connectivity index (χ2v) is 4.93. The first-order chi connectivity index (χ1) is 9.63. The lowest BCUT2D eigenvalue weighted by Gasteiger charge is -2.15. The first-order valence-corrected chi connectivity index (χ1v) is 6.96. The number of benzene rings is 2. The Labute approximate surface area is 120 Å². The standard InChI is InChI=1S/C18H20O2/c1-4-20-17-11-10-13(2)12-16(17)18(19)14(3)15-8-6-5-7-9-15/h5-12,14H,4H2,1-3H3. The van der Waals surface area contributed by atoms with E-state index in [2.05, 4.69) is 0 Å². The van der Waals surface area contributed by atoms with Crippen LogP contribution in [-0.4, -0.2) is 12.4 Å². The lowest BCUT2D eigenvalue weighted by Crippen LogP contribution is -2.12. The average Bonchev–Trinajstić information content (AvgIpc) is 2.48. The van der Waals surface area contributed by atoms with Crippen LogP contribution in [0, 0.1) is 6.92 Å². The molecular formula is C18H20O2. The molecule has 0 radical (unpaired) electrons. The Hall–Kier alpha value is -2.09. The molecular weight excluding hydrogens is 248 g/mol. The Kier molecular flexibility index (Phi) is 4.57. The zero-order chi connectivity index (χ0) is 14.5. The van der Waals surface area contributed by atoms with E-state index >= 15 is 0 Å². The number of ether oxygens (including phenoxy) is 1.